The fraction of sp³-hybridized carbons (Fsp3) is 0.429. The van der Waals surface area contributed by atoms with Crippen molar-refractivity contribution in [3.05, 3.63) is 5.82 Å². The minimum Gasteiger partial charge on any atom is -0.492 e. The van der Waals surface area contributed by atoms with Gasteiger partial charge in [0.15, 0.2) is 5.82 Å². The molecule has 1 heterocycles. The van der Waals surface area contributed by atoms with Gasteiger partial charge in [0, 0.05) is 6.42 Å². The molecule has 0 atom stereocenters. The van der Waals surface area contributed by atoms with Gasteiger partial charge < -0.3 is 16.6 Å². The second kappa shape index (κ2) is 3.25. The van der Waals surface area contributed by atoms with Crippen LogP contribution >= 0.6 is 0 Å². The lowest BCUT2D eigenvalue weighted by Crippen LogP contribution is -2.04. The van der Waals surface area contributed by atoms with Crippen LogP contribution in [0.15, 0.2) is 0 Å². The molecular formula is C7H12N4O. The van der Waals surface area contributed by atoms with Crippen LogP contribution in [-0.2, 0) is 6.42 Å². The van der Waals surface area contributed by atoms with Gasteiger partial charge in [-0.05, 0) is 6.42 Å². The Bertz CT molecular complexity index is 264. The monoisotopic (exact) mass is 168 g/mol. The number of nitrogens with two attached hydrogens (primary N) is 2. The van der Waals surface area contributed by atoms with Crippen LogP contribution in [0.4, 0.5) is 11.5 Å². The van der Waals surface area contributed by atoms with Crippen molar-refractivity contribution < 1.29 is 5.11 Å². The number of aromatic nitrogens is 2. The Morgan fingerprint density at radius 2 is 2.00 bits per heavy atom. The van der Waals surface area contributed by atoms with Crippen LogP contribution in [0.25, 0.3) is 0 Å². The molecule has 0 radical (unpaired) electrons. The van der Waals surface area contributed by atoms with Crippen molar-refractivity contribution in [1.82, 2.24) is 9.97 Å². The number of rotatable bonds is 2. The molecule has 0 saturated heterocycles. The summed E-state index contributed by atoms with van der Waals surface area (Å²) in [5, 5.41) is 9.15. The van der Waals surface area contributed by atoms with Crippen LogP contribution < -0.4 is 11.5 Å². The predicted octanol–water partition coefficient (Wildman–Crippen LogP) is 0.299. The van der Waals surface area contributed by atoms with E-state index in [1.165, 1.54) is 0 Å². The zero-order chi connectivity index (χ0) is 9.14. The van der Waals surface area contributed by atoms with Gasteiger partial charge in [-0.25, -0.2) is 4.98 Å². The van der Waals surface area contributed by atoms with E-state index in [9.17, 15) is 0 Å². The van der Waals surface area contributed by atoms with Gasteiger partial charge in [-0.1, -0.05) is 6.92 Å². The highest BCUT2D eigenvalue weighted by molar-refractivity contribution is 5.63. The molecule has 0 aromatic carbocycles. The maximum Gasteiger partial charge on any atom is 0.240 e. The fourth-order valence-electron chi connectivity index (χ4n) is 0.857. The highest BCUT2D eigenvalue weighted by Gasteiger charge is 2.06. The van der Waals surface area contributed by atoms with Crippen molar-refractivity contribution in [3.63, 3.8) is 0 Å². The topological polar surface area (TPSA) is 98.0 Å². The fourth-order valence-corrected chi connectivity index (χ4v) is 0.857. The van der Waals surface area contributed by atoms with Crippen molar-refractivity contribution in [2.24, 2.45) is 0 Å². The van der Waals surface area contributed by atoms with Crippen LogP contribution in [-0.4, -0.2) is 15.1 Å². The van der Waals surface area contributed by atoms with Crippen LogP contribution in [0.3, 0.4) is 0 Å². The first-order valence-corrected chi connectivity index (χ1v) is 3.76. The molecule has 0 unspecified atom stereocenters. The third-order valence-electron chi connectivity index (χ3n) is 1.47. The van der Waals surface area contributed by atoms with Crippen molar-refractivity contribution >= 4 is 11.5 Å². The van der Waals surface area contributed by atoms with Crippen LogP contribution in [0.5, 0.6) is 5.88 Å². The molecule has 5 nitrogen and oxygen atoms in total. The van der Waals surface area contributed by atoms with Crippen molar-refractivity contribution in [1.29, 1.82) is 0 Å². The summed E-state index contributed by atoms with van der Waals surface area (Å²) in [5.41, 5.74) is 10.8. The van der Waals surface area contributed by atoms with Crippen molar-refractivity contribution in [3.8, 4) is 5.88 Å². The lowest BCUT2D eigenvalue weighted by molar-refractivity contribution is 0.452. The van der Waals surface area contributed by atoms with E-state index in [0.29, 0.717) is 12.2 Å². The van der Waals surface area contributed by atoms with Crippen LogP contribution in [0.2, 0.25) is 0 Å². The van der Waals surface area contributed by atoms with Gasteiger partial charge in [-0.3, -0.25) is 0 Å². The van der Waals surface area contributed by atoms with E-state index in [4.69, 9.17) is 16.6 Å². The molecular weight excluding hydrogens is 156 g/mol. The van der Waals surface area contributed by atoms with Gasteiger partial charge in [0.2, 0.25) is 5.88 Å². The van der Waals surface area contributed by atoms with E-state index in [2.05, 4.69) is 9.97 Å². The van der Waals surface area contributed by atoms with Gasteiger partial charge in [0.05, 0.1) is 0 Å². The second-order valence-corrected chi connectivity index (χ2v) is 2.51. The molecule has 0 amide bonds. The average Bonchev–Trinajstić information content (AvgIpc) is 2.01. The number of aromatic hydroxyl groups is 1. The summed E-state index contributed by atoms with van der Waals surface area (Å²) in [6.07, 6.45) is 1.60. The summed E-state index contributed by atoms with van der Waals surface area (Å²) < 4.78 is 0. The molecule has 1 aromatic heterocycles. The number of nitrogen functional groups attached to an aromatic ring is 2. The quantitative estimate of drug-likeness (QED) is 0.590. The summed E-state index contributed by atoms with van der Waals surface area (Å²) in [6.45, 7) is 1.99. The molecule has 5 N–H and O–H groups in total. The van der Waals surface area contributed by atoms with Gasteiger partial charge >= 0.3 is 0 Å². The molecule has 1 aromatic rings. The molecule has 0 bridgehead atoms. The first-order chi connectivity index (χ1) is 5.65. The second-order valence-electron chi connectivity index (χ2n) is 2.51. The minimum absolute atomic E-state index is 0.0508. The van der Waals surface area contributed by atoms with E-state index < -0.39 is 0 Å². The smallest absolute Gasteiger partial charge is 0.240 e. The minimum atomic E-state index is -0.231. The molecule has 0 aliphatic heterocycles. The predicted molar refractivity (Wildman–Crippen MR) is 46.5 cm³/mol. The van der Waals surface area contributed by atoms with Gasteiger partial charge in [0.1, 0.15) is 11.5 Å². The molecule has 0 spiro atoms. The van der Waals surface area contributed by atoms with Crippen molar-refractivity contribution in [2.75, 3.05) is 11.5 Å². The Kier molecular flexibility index (Phi) is 2.32. The SMILES string of the molecule is CCCc1nc(N)c(N)c(O)n1. The summed E-state index contributed by atoms with van der Waals surface area (Å²) in [7, 11) is 0. The number of hydrogen-bond donors (Lipinski definition) is 3. The Labute approximate surface area is 70.4 Å². The zero-order valence-electron chi connectivity index (χ0n) is 6.91. The number of anilines is 2. The maximum atomic E-state index is 9.15. The van der Waals surface area contributed by atoms with Crippen LogP contribution in [0, 0.1) is 0 Å². The highest BCUT2D eigenvalue weighted by Crippen LogP contribution is 2.21. The van der Waals surface area contributed by atoms with E-state index in [0.717, 1.165) is 6.42 Å². The average molecular weight is 168 g/mol. The lowest BCUT2D eigenvalue weighted by Gasteiger charge is -2.03. The Hall–Kier alpha value is -1.52. The molecule has 12 heavy (non-hydrogen) atoms. The first-order valence-electron chi connectivity index (χ1n) is 3.76. The Morgan fingerprint density at radius 1 is 1.33 bits per heavy atom. The van der Waals surface area contributed by atoms with Crippen LogP contribution in [0.1, 0.15) is 19.2 Å². The Morgan fingerprint density at radius 3 is 2.50 bits per heavy atom. The molecule has 1 rings (SSSR count). The van der Waals surface area contributed by atoms with E-state index in [-0.39, 0.29) is 17.4 Å². The van der Waals surface area contributed by atoms with E-state index in [1.807, 2.05) is 6.92 Å². The summed E-state index contributed by atoms with van der Waals surface area (Å²) in [6, 6.07) is 0. The van der Waals surface area contributed by atoms with Gasteiger partial charge in [-0.2, -0.15) is 4.98 Å². The zero-order valence-corrected chi connectivity index (χ0v) is 6.91. The van der Waals surface area contributed by atoms with Crippen molar-refractivity contribution in [2.45, 2.75) is 19.8 Å². The summed E-state index contributed by atoms with van der Waals surface area (Å²) >= 11 is 0. The standard InChI is InChI=1S/C7H12N4O/c1-2-3-4-10-6(9)5(8)7(12)11-4/h2-3,8H2,1H3,(H3,9,10,11,12). The van der Waals surface area contributed by atoms with Gasteiger partial charge in [0.25, 0.3) is 0 Å². The number of aryl methyl sites for hydroxylation is 1. The van der Waals surface area contributed by atoms with E-state index in [1.54, 1.807) is 0 Å². The largest absolute Gasteiger partial charge is 0.492 e. The first kappa shape index (κ1) is 8.58. The van der Waals surface area contributed by atoms with Gasteiger partial charge in [-0.15, -0.1) is 0 Å². The maximum absolute atomic E-state index is 9.15. The van der Waals surface area contributed by atoms with E-state index >= 15 is 0 Å². The highest BCUT2D eigenvalue weighted by atomic mass is 16.3. The molecule has 66 valence electrons. The number of hydrogen-bond acceptors (Lipinski definition) is 5. The third kappa shape index (κ3) is 1.55. The lowest BCUT2D eigenvalue weighted by atomic mass is 10.3. The third-order valence-corrected chi connectivity index (χ3v) is 1.47. The molecule has 5 heteroatoms. The normalized spacial score (nSPS) is 10.1. The molecule has 0 aliphatic carbocycles. The summed E-state index contributed by atoms with van der Waals surface area (Å²) in [4.78, 5) is 7.67. The molecule has 0 saturated carbocycles. The number of nitrogens with zero attached hydrogens (tertiary/aromatic N) is 2. The molecule has 0 aliphatic rings. The molecule has 0 fully saturated rings. The summed E-state index contributed by atoms with van der Waals surface area (Å²) in [5.74, 6) is 0.443. The Balaban J connectivity index is 3.04.